The molecule has 2 aromatic rings. The highest BCUT2D eigenvalue weighted by atomic mass is 32.2. The highest BCUT2D eigenvalue weighted by Gasteiger charge is 2.23. The molecule has 0 aliphatic heterocycles. The van der Waals surface area contributed by atoms with Crippen LogP contribution < -0.4 is 9.46 Å². The molecular formula is C20H25FN2O4S. The number of sulfonamides is 1. The van der Waals surface area contributed by atoms with Crippen LogP contribution in [0.25, 0.3) is 0 Å². The topological polar surface area (TPSA) is 75.7 Å². The molecule has 2 aromatic carbocycles. The van der Waals surface area contributed by atoms with Gasteiger partial charge in [-0.05, 0) is 62.7 Å². The van der Waals surface area contributed by atoms with Gasteiger partial charge in [-0.3, -0.25) is 9.52 Å². The Hall–Kier alpha value is -2.61. The Morgan fingerprint density at radius 1 is 1.07 bits per heavy atom. The van der Waals surface area contributed by atoms with Gasteiger partial charge in [-0.2, -0.15) is 0 Å². The normalized spacial score (nSPS) is 12.5. The second-order valence-electron chi connectivity index (χ2n) is 6.78. The third-order valence-electron chi connectivity index (χ3n) is 4.14. The molecule has 6 nitrogen and oxygen atoms in total. The van der Waals surface area contributed by atoms with Crippen LogP contribution in [-0.2, 0) is 14.8 Å². The fraction of sp³-hybridized carbons (Fsp3) is 0.350. The number of nitrogens with one attached hydrogen (secondary N) is 1. The zero-order chi connectivity index (χ0) is 20.9. The number of amides is 1. The molecule has 2 rings (SSSR count). The molecule has 1 unspecified atom stereocenters. The molecule has 0 aliphatic carbocycles. The zero-order valence-electron chi connectivity index (χ0n) is 16.3. The monoisotopic (exact) mass is 408 g/mol. The zero-order valence-corrected chi connectivity index (χ0v) is 17.2. The van der Waals surface area contributed by atoms with Crippen LogP contribution in [0.4, 0.5) is 10.1 Å². The van der Waals surface area contributed by atoms with Crippen molar-refractivity contribution >= 4 is 21.6 Å². The molecule has 0 saturated heterocycles. The fourth-order valence-electron chi connectivity index (χ4n) is 2.53. The molecule has 8 heteroatoms. The second kappa shape index (κ2) is 9.05. The van der Waals surface area contributed by atoms with Crippen molar-refractivity contribution in [2.75, 3.05) is 17.5 Å². The molecule has 0 radical (unpaired) electrons. The lowest BCUT2D eigenvalue weighted by atomic mass is 10.1. The van der Waals surface area contributed by atoms with E-state index in [1.807, 2.05) is 13.8 Å². The first-order valence-electron chi connectivity index (χ1n) is 8.86. The first-order valence-corrected chi connectivity index (χ1v) is 10.5. The minimum absolute atomic E-state index is 0.0128. The van der Waals surface area contributed by atoms with Gasteiger partial charge in [0.15, 0.2) is 0 Å². The Labute approximate surface area is 165 Å². The standard InChI is InChI=1S/C20H25FN2O4S/c1-14(2)27-19-11-9-18(10-12-19)22-28(25,26)13-20(24)23(4)15(3)16-5-7-17(21)8-6-16/h5-12,14-15,22H,13H2,1-4H3. The minimum Gasteiger partial charge on any atom is -0.491 e. The Balaban J connectivity index is 2.00. The summed E-state index contributed by atoms with van der Waals surface area (Å²) in [5, 5.41) is 0. The lowest BCUT2D eigenvalue weighted by Gasteiger charge is -2.25. The van der Waals surface area contributed by atoms with Crippen LogP contribution in [0.5, 0.6) is 5.75 Å². The maximum absolute atomic E-state index is 13.1. The summed E-state index contributed by atoms with van der Waals surface area (Å²) in [5.74, 6) is -1.01. The number of carbonyl (C=O) groups is 1. The SMILES string of the molecule is CC(C)Oc1ccc(NS(=O)(=O)CC(=O)N(C)C(C)c2ccc(F)cc2)cc1. The van der Waals surface area contributed by atoms with E-state index < -0.39 is 27.7 Å². The van der Waals surface area contributed by atoms with Crippen LogP contribution in [-0.4, -0.2) is 38.1 Å². The molecular weight excluding hydrogens is 383 g/mol. The van der Waals surface area contributed by atoms with Crippen molar-refractivity contribution < 1.29 is 22.3 Å². The van der Waals surface area contributed by atoms with Gasteiger partial charge in [0.05, 0.1) is 12.1 Å². The summed E-state index contributed by atoms with van der Waals surface area (Å²) in [7, 11) is -2.36. The van der Waals surface area contributed by atoms with E-state index in [1.165, 1.54) is 24.1 Å². The molecule has 0 heterocycles. The lowest BCUT2D eigenvalue weighted by Crippen LogP contribution is -2.36. The third kappa shape index (κ3) is 6.23. The van der Waals surface area contributed by atoms with Gasteiger partial charge in [-0.15, -0.1) is 0 Å². The van der Waals surface area contributed by atoms with Crippen LogP contribution in [0.15, 0.2) is 48.5 Å². The molecule has 1 atom stereocenters. The molecule has 0 saturated carbocycles. The van der Waals surface area contributed by atoms with Gasteiger partial charge in [-0.1, -0.05) is 12.1 Å². The molecule has 1 N–H and O–H groups in total. The van der Waals surface area contributed by atoms with Gasteiger partial charge in [0.25, 0.3) is 0 Å². The Kier molecular flexibility index (Phi) is 7.01. The van der Waals surface area contributed by atoms with Crippen molar-refractivity contribution in [2.45, 2.75) is 32.9 Å². The van der Waals surface area contributed by atoms with Gasteiger partial charge in [-0.25, -0.2) is 12.8 Å². The predicted octanol–water partition coefficient (Wildman–Crippen LogP) is 3.57. The average Bonchev–Trinajstić information content (AvgIpc) is 2.61. The number of hydrogen-bond donors (Lipinski definition) is 1. The number of hydrogen-bond acceptors (Lipinski definition) is 4. The van der Waals surface area contributed by atoms with Crippen molar-refractivity contribution in [3.63, 3.8) is 0 Å². The maximum Gasteiger partial charge on any atom is 0.241 e. The summed E-state index contributed by atoms with van der Waals surface area (Å²) < 4.78 is 45.6. The van der Waals surface area contributed by atoms with Gasteiger partial charge >= 0.3 is 0 Å². The first kappa shape index (κ1) is 21.7. The Morgan fingerprint density at radius 2 is 1.64 bits per heavy atom. The van der Waals surface area contributed by atoms with Gasteiger partial charge in [0.2, 0.25) is 15.9 Å². The number of nitrogens with zero attached hydrogens (tertiary/aromatic N) is 1. The smallest absolute Gasteiger partial charge is 0.241 e. The molecule has 0 aliphatic rings. The summed E-state index contributed by atoms with van der Waals surface area (Å²) >= 11 is 0. The Morgan fingerprint density at radius 3 is 2.18 bits per heavy atom. The Bertz CT molecular complexity index is 897. The molecule has 0 fully saturated rings. The van der Waals surface area contributed by atoms with E-state index >= 15 is 0 Å². The van der Waals surface area contributed by atoms with Crippen molar-refractivity contribution in [3.8, 4) is 5.75 Å². The minimum atomic E-state index is -3.88. The number of anilines is 1. The second-order valence-corrected chi connectivity index (χ2v) is 8.51. The fourth-order valence-corrected chi connectivity index (χ4v) is 3.63. The number of benzene rings is 2. The average molecular weight is 408 g/mol. The van der Waals surface area contributed by atoms with Crippen molar-refractivity contribution in [3.05, 3.63) is 59.9 Å². The van der Waals surface area contributed by atoms with E-state index in [9.17, 15) is 17.6 Å². The summed E-state index contributed by atoms with van der Waals surface area (Å²) in [4.78, 5) is 13.7. The van der Waals surface area contributed by atoms with Gasteiger partial charge < -0.3 is 9.64 Å². The van der Waals surface area contributed by atoms with E-state index in [0.717, 1.165) is 0 Å². The summed E-state index contributed by atoms with van der Waals surface area (Å²) in [6.45, 7) is 5.54. The highest BCUT2D eigenvalue weighted by Crippen LogP contribution is 2.21. The van der Waals surface area contributed by atoms with Crippen LogP contribution >= 0.6 is 0 Å². The highest BCUT2D eigenvalue weighted by molar-refractivity contribution is 7.93. The number of carbonyl (C=O) groups excluding carboxylic acids is 1. The quantitative estimate of drug-likeness (QED) is 0.725. The van der Waals surface area contributed by atoms with Gasteiger partial charge in [0.1, 0.15) is 17.3 Å². The first-order chi connectivity index (χ1) is 13.1. The number of ether oxygens (including phenoxy) is 1. The molecule has 0 spiro atoms. The van der Waals surface area contributed by atoms with Crippen LogP contribution in [0.3, 0.4) is 0 Å². The predicted molar refractivity (Wildman–Crippen MR) is 107 cm³/mol. The van der Waals surface area contributed by atoms with Gasteiger partial charge in [0, 0.05) is 12.7 Å². The lowest BCUT2D eigenvalue weighted by molar-refractivity contribution is -0.129. The number of rotatable bonds is 8. The van der Waals surface area contributed by atoms with Crippen LogP contribution in [0.2, 0.25) is 0 Å². The number of halogens is 1. The van der Waals surface area contributed by atoms with Crippen LogP contribution in [0, 0.1) is 5.82 Å². The molecule has 0 bridgehead atoms. The molecule has 152 valence electrons. The maximum atomic E-state index is 13.1. The summed E-state index contributed by atoms with van der Waals surface area (Å²) in [6.07, 6.45) is 0.0128. The van der Waals surface area contributed by atoms with E-state index in [4.69, 9.17) is 4.74 Å². The molecule has 1 amide bonds. The summed E-state index contributed by atoms with van der Waals surface area (Å²) in [6, 6.07) is 11.8. The third-order valence-corrected chi connectivity index (χ3v) is 5.31. The van der Waals surface area contributed by atoms with Crippen molar-refractivity contribution in [2.24, 2.45) is 0 Å². The van der Waals surface area contributed by atoms with E-state index in [2.05, 4.69) is 4.72 Å². The van der Waals surface area contributed by atoms with E-state index in [-0.39, 0.29) is 11.9 Å². The molecule has 0 aromatic heterocycles. The molecule has 28 heavy (non-hydrogen) atoms. The van der Waals surface area contributed by atoms with E-state index in [1.54, 1.807) is 43.3 Å². The van der Waals surface area contributed by atoms with E-state index in [0.29, 0.717) is 17.0 Å². The van der Waals surface area contributed by atoms with Crippen molar-refractivity contribution in [1.29, 1.82) is 0 Å². The largest absolute Gasteiger partial charge is 0.491 e. The van der Waals surface area contributed by atoms with Crippen LogP contribution in [0.1, 0.15) is 32.4 Å². The summed E-state index contributed by atoms with van der Waals surface area (Å²) in [5.41, 5.74) is 1.06. The van der Waals surface area contributed by atoms with Crippen molar-refractivity contribution in [1.82, 2.24) is 4.90 Å².